The van der Waals surface area contributed by atoms with Gasteiger partial charge in [0.15, 0.2) is 5.13 Å². The van der Waals surface area contributed by atoms with Crippen molar-refractivity contribution in [2.45, 2.75) is 4.90 Å². The normalized spacial score (nSPS) is 15.0. The Bertz CT molecular complexity index is 1210. The Morgan fingerprint density at radius 3 is 2.52 bits per heavy atom. The van der Waals surface area contributed by atoms with Crippen LogP contribution in [0.1, 0.15) is 10.4 Å². The number of halogens is 2. The number of carbonyl (C=O) groups excluding carboxylic acids is 1. The van der Waals surface area contributed by atoms with Gasteiger partial charge < -0.3 is 4.74 Å². The van der Waals surface area contributed by atoms with Gasteiger partial charge in [0.05, 0.1) is 18.9 Å². The molecule has 11 heteroatoms. The number of thiazole rings is 1. The second kappa shape index (κ2) is 8.79. The summed E-state index contributed by atoms with van der Waals surface area (Å²) in [6.45, 7) is 0.676. The van der Waals surface area contributed by atoms with E-state index in [1.807, 2.05) is 0 Å². The lowest BCUT2D eigenvalue weighted by Gasteiger charge is -2.26. The summed E-state index contributed by atoms with van der Waals surface area (Å²) in [5.74, 6) is -1.93. The molecular formula is C20H17F2N3O4S2. The quantitative estimate of drug-likeness (QED) is 0.624. The van der Waals surface area contributed by atoms with Crippen molar-refractivity contribution < 1.29 is 26.7 Å². The molecule has 7 nitrogen and oxygen atoms in total. The lowest BCUT2D eigenvalue weighted by molar-refractivity contribution is 0.0729. The third kappa shape index (κ3) is 4.64. The highest BCUT2D eigenvalue weighted by Crippen LogP contribution is 2.26. The van der Waals surface area contributed by atoms with E-state index < -0.39 is 26.6 Å². The van der Waals surface area contributed by atoms with Crippen LogP contribution in [0.2, 0.25) is 0 Å². The summed E-state index contributed by atoms with van der Waals surface area (Å²) in [5.41, 5.74) is 1.21. The Hall–Kier alpha value is -2.73. The second-order valence-electron chi connectivity index (χ2n) is 6.66. The van der Waals surface area contributed by atoms with Crippen molar-refractivity contribution in [2.75, 3.05) is 31.6 Å². The van der Waals surface area contributed by atoms with Gasteiger partial charge in [-0.3, -0.25) is 10.1 Å². The monoisotopic (exact) mass is 465 g/mol. The molecule has 31 heavy (non-hydrogen) atoms. The average Bonchev–Trinajstić information content (AvgIpc) is 3.23. The molecule has 4 rings (SSSR count). The molecule has 3 aromatic rings. The first kappa shape index (κ1) is 21.5. The molecule has 2 heterocycles. The molecule has 0 atom stereocenters. The number of rotatable bonds is 5. The van der Waals surface area contributed by atoms with Gasteiger partial charge in [-0.15, -0.1) is 11.3 Å². The zero-order valence-electron chi connectivity index (χ0n) is 16.0. The van der Waals surface area contributed by atoms with Gasteiger partial charge in [0.1, 0.15) is 16.5 Å². The molecule has 1 amide bonds. The van der Waals surface area contributed by atoms with Crippen molar-refractivity contribution in [3.63, 3.8) is 0 Å². The number of ether oxygens (including phenoxy) is 1. The lowest BCUT2D eigenvalue weighted by atomic mass is 10.2. The van der Waals surface area contributed by atoms with E-state index in [1.54, 1.807) is 17.5 Å². The van der Waals surface area contributed by atoms with Gasteiger partial charge in [0, 0.05) is 29.6 Å². The summed E-state index contributed by atoms with van der Waals surface area (Å²) in [7, 11) is -4.10. The number of carbonyl (C=O) groups is 1. The minimum atomic E-state index is -4.10. The van der Waals surface area contributed by atoms with Gasteiger partial charge in [-0.2, -0.15) is 4.31 Å². The molecule has 1 aromatic heterocycles. The Morgan fingerprint density at radius 2 is 1.81 bits per heavy atom. The van der Waals surface area contributed by atoms with E-state index in [2.05, 4.69) is 10.3 Å². The summed E-state index contributed by atoms with van der Waals surface area (Å²) >= 11 is 1.16. The number of morpholine rings is 1. The molecule has 2 aromatic carbocycles. The fraction of sp³-hybridized carbons (Fsp3) is 0.200. The highest BCUT2D eigenvalue weighted by molar-refractivity contribution is 7.89. The first-order valence-electron chi connectivity index (χ1n) is 9.25. The Labute approximate surface area is 181 Å². The van der Waals surface area contributed by atoms with Crippen molar-refractivity contribution in [1.29, 1.82) is 0 Å². The van der Waals surface area contributed by atoms with Crippen molar-refractivity contribution in [2.24, 2.45) is 0 Å². The van der Waals surface area contributed by atoms with Gasteiger partial charge >= 0.3 is 0 Å². The molecule has 0 bridgehead atoms. The van der Waals surface area contributed by atoms with Crippen molar-refractivity contribution >= 4 is 32.4 Å². The van der Waals surface area contributed by atoms with Crippen molar-refractivity contribution in [1.82, 2.24) is 9.29 Å². The third-order valence-electron chi connectivity index (χ3n) is 4.65. The third-order valence-corrected chi connectivity index (χ3v) is 7.32. The number of hydrogen-bond acceptors (Lipinski definition) is 6. The SMILES string of the molecule is O=C(Nc1nc(-c2ccc(F)cc2)cs1)c1ccc(F)c(S(=O)(=O)N2CCOCC2)c1. The zero-order valence-corrected chi connectivity index (χ0v) is 17.7. The Kier molecular flexibility index (Phi) is 6.10. The molecule has 0 radical (unpaired) electrons. The van der Waals surface area contributed by atoms with Crippen LogP contribution in [0.5, 0.6) is 0 Å². The maximum absolute atomic E-state index is 14.3. The fourth-order valence-corrected chi connectivity index (χ4v) is 5.24. The van der Waals surface area contributed by atoms with Crippen LogP contribution in [0.4, 0.5) is 13.9 Å². The molecule has 1 N–H and O–H groups in total. The van der Waals surface area contributed by atoms with Crippen molar-refractivity contribution in [3.05, 3.63) is 65.0 Å². The summed E-state index contributed by atoms with van der Waals surface area (Å²) in [4.78, 5) is 16.4. The van der Waals surface area contributed by atoms with Crippen LogP contribution in [-0.4, -0.2) is 49.9 Å². The van der Waals surface area contributed by atoms with Crippen molar-refractivity contribution in [3.8, 4) is 11.3 Å². The molecule has 162 valence electrons. The summed E-state index contributed by atoms with van der Waals surface area (Å²) in [6, 6.07) is 8.93. The minimum Gasteiger partial charge on any atom is -0.379 e. The Morgan fingerprint density at radius 1 is 1.10 bits per heavy atom. The topological polar surface area (TPSA) is 88.6 Å². The van der Waals surface area contributed by atoms with Gasteiger partial charge in [-0.1, -0.05) is 0 Å². The van der Waals surface area contributed by atoms with Crippen LogP contribution in [-0.2, 0) is 14.8 Å². The number of nitrogens with zero attached hydrogens (tertiary/aromatic N) is 2. The lowest BCUT2D eigenvalue weighted by Crippen LogP contribution is -2.41. The predicted octanol–water partition coefficient (Wildman–Crippen LogP) is 3.36. The zero-order chi connectivity index (χ0) is 22.0. The van der Waals surface area contributed by atoms with Crippen LogP contribution < -0.4 is 5.32 Å². The molecular weight excluding hydrogens is 448 g/mol. The number of sulfonamides is 1. The highest BCUT2D eigenvalue weighted by atomic mass is 32.2. The average molecular weight is 466 g/mol. The van der Waals surface area contributed by atoms with Crippen LogP contribution in [0.3, 0.4) is 0 Å². The number of hydrogen-bond donors (Lipinski definition) is 1. The van der Waals surface area contributed by atoms with Gasteiger partial charge in [-0.05, 0) is 42.5 Å². The predicted molar refractivity (Wildman–Crippen MR) is 111 cm³/mol. The van der Waals surface area contributed by atoms with Gasteiger partial charge in [0.2, 0.25) is 10.0 Å². The van der Waals surface area contributed by atoms with E-state index in [9.17, 15) is 22.0 Å². The molecule has 0 unspecified atom stereocenters. The van der Waals surface area contributed by atoms with E-state index in [-0.39, 0.29) is 42.8 Å². The number of anilines is 1. The smallest absolute Gasteiger partial charge is 0.257 e. The van der Waals surface area contributed by atoms with Crippen LogP contribution in [0.25, 0.3) is 11.3 Å². The molecule has 1 fully saturated rings. The molecule has 1 saturated heterocycles. The first-order chi connectivity index (χ1) is 14.8. The van der Waals surface area contributed by atoms with E-state index >= 15 is 0 Å². The second-order valence-corrected chi connectivity index (χ2v) is 9.43. The maximum Gasteiger partial charge on any atom is 0.257 e. The summed E-state index contributed by atoms with van der Waals surface area (Å²) < 4.78 is 59.2. The molecule has 0 aliphatic carbocycles. The molecule has 1 aliphatic heterocycles. The van der Waals surface area contributed by atoms with Crippen LogP contribution in [0, 0.1) is 11.6 Å². The number of aromatic nitrogens is 1. The standard InChI is InChI=1S/C20H17F2N3O4S2/c21-15-4-1-13(2-5-15)17-12-30-20(23-17)24-19(26)14-3-6-16(22)18(11-14)31(27,28)25-7-9-29-10-8-25/h1-6,11-12H,7-10H2,(H,23,24,26). The number of nitrogens with one attached hydrogen (secondary N) is 1. The first-order valence-corrected chi connectivity index (χ1v) is 11.6. The maximum atomic E-state index is 14.3. The van der Waals surface area contributed by atoms with E-state index in [1.165, 1.54) is 18.2 Å². The van der Waals surface area contributed by atoms with E-state index in [4.69, 9.17) is 4.74 Å². The Balaban J connectivity index is 1.54. The largest absolute Gasteiger partial charge is 0.379 e. The number of amides is 1. The number of benzene rings is 2. The van der Waals surface area contributed by atoms with Crippen LogP contribution in [0.15, 0.2) is 52.7 Å². The highest BCUT2D eigenvalue weighted by Gasteiger charge is 2.29. The van der Waals surface area contributed by atoms with Crippen LogP contribution >= 0.6 is 11.3 Å². The van der Waals surface area contributed by atoms with Gasteiger partial charge in [0.25, 0.3) is 5.91 Å². The molecule has 1 aliphatic rings. The fourth-order valence-electron chi connectivity index (χ4n) is 3.02. The van der Waals surface area contributed by atoms with Gasteiger partial charge in [-0.25, -0.2) is 22.2 Å². The summed E-state index contributed by atoms with van der Waals surface area (Å²) in [5, 5.41) is 4.55. The molecule has 0 spiro atoms. The van der Waals surface area contributed by atoms with E-state index in [0.717, 1.165) is 27.8 Å². The molecule has 0 saturated carbocycles. The van der Waals surface area contributed by atoms with E-state index in [0.29, 0.717) is 11.3 Å². The summed E-state index contributed by atoms with van der Waals surface area (Å²) in [6.07, 6.45) is 0. The minimum absolute atomic E-state index is 0.0215.